The van der Waals surface area contributed by atoms with E-state index in [1.54, 1.807) is 30.8 Å². The van der Waals surface area contributed by atoms with Crippen molar-refractivity contribution >= 4 is 45.7 Å². The Morgan fingerprint density at radius 3 is 2.73 bits per heavy atom. The summed E-state index contributed by atoms with van der Waals surface area (Å²) in [6.07, 6.45) is 1.64. The van der Waals surface area contributed by atoms with E-state index in [4.69, 9.17) is 16.3 Å². The van der Waals surface area contributed by atoms with Crippen molar-refractivity contribution in [1.82, 2.24) is 19.7 Å². The number of halogens is 1. The summed E-state index contributed by atoms with van der Waals surface area (Å²) in [5.74, 6) is 1.28. The number of amides is 1. The molecule has 0 aliphatic carbocycles. The summed E-state index contributed by atoms with van der Waals surface area (Å²) < 4.78 is 7.38. The Bertz CT molecular complexity index is 1150. The number of nitrogens with zero attached hydrogens (tertiary/aromatic N) is 4. The standard InChI is InChI=1S/C20H16ClN5O2S2/c1-28-16-5-3-2-4-15(16)18-24-25-20(26(18)14-8-6-13(21)7-9-14)30-12-17(27)23-19-22-10-11-29-19/h2-11H,12H2,1H3,(H,22,23,27). The number of methoxy groups -OCH3 is 1. The van der Waals surface area contributed by atoms with Crippen molar-refractivity contribution in [3.05, 3.63) is 65.1 Å². The molecule has 2 aromatic heterocycles. The van der Waals surface area contributed by atoms with Gasteiger partial charge >= 0.3 is 0 Å². The lowest BCUT2D eigenvalue weighted by Crippen LogP contribution is -2.14. The lowest BCUT2D eigenvalue weighted by atomic mass is 10.2. The summed E-state index contributed by atoms with van der Waals surface area (Å²) in [6, 6.07) is 14.9. The van der Waals surface area contributed by atoms with Crippen LogP contribution in [0.4, 0.5) is 5.13 Å². The van der Waals surface area contributed by atoms with E-state index < -0.39 is 0 Å². The molecule has 1 N–H and O–H groups in total. The second-order valence-electron chi connectivity index (χ2n) is 5.99. The predicted octanol–water partition coefficient (Wildman–Crippen LogP) is 4.78. The first-order chi connectivity index (χ1) is 14.7. The average molecular weight is 458 g/mol. The molecule has 2 aromatic carbocycles. The maximum absolute atomic E-state index is 12.3. The van der Waals surface area contributed by atoms with Gasteiger partial charge in [-0.05, 0) is 36.4 Å². The number of benzene rings is 2. The molecule has 152 valence electrons. The number of carbonyl (C=O) groups excluding carboxylic acids is 1. The molecule has 0 saturated carbocycles. The van der Waals surface area contributed by atoms with Crippen LogP contribution < -0.4 is 10.1 Å². The lowest BCUT2D eigenvalue weighted by Gasteiger charge is -2.12. The molecular weight excluding hydrogens is 442 g/mol. The number of aromatic nitrogens is 4. The minimum Gasteiger partial charge on any atom is -0.496 e. The number of ether oxygens (including phenoxy) is 1. The zero-order chi connectivity index (χ0) is 20.9. The van der Waals surface area contributed by atoms with Gasteiger partial charge in [0.25, 0.3) is 0 Å². The molecule has 4 aromatic rings. The molecule has 0 aliphatic rings. The van der Waals surface area contributed by atoms with Gasteiger partial charge in [-0.1, -0.05) is 35.5 Å². The molecule has 0 aliphatic heterocycles. The zero-order valence-electron chi connectivity index (χ0n) is 15.8. The highest BCUT2D eigenvalue weighted by molar-refractivity contribution is 7.99. The number of para-hydroxylation sites is 1. The first-order valence-corrected chi connectivity index (χ1v) is 11.1. The van der Waals surface area contributed by atoms with Crippen molar-refractivity contribution in [3.63, 3.8) is 0 Å². The van der Waals surface area contributed by atoms with Crippen LogP contribution in [0.1, 0.15) is 0 Å². The third kappa shape index (κ3) is 4.48. The minimum absolute atomic E-state index is 0.164. The molecule has 0 saturated heterocycles. The van der Waals surface area contributed by atoms with E-state index in [2.05, 4.69) is 20.5 Å². The van der Waals surface area contributed by atoms with Crippen molar-refractivity contribution in [3.8, 4) is 22.8 Å². The summed E-state index contributed by atoms with van der Waals surface area (Å²) in [4.78, 5) is 16.4. The van der Waals surface area contributed by atoms with E-state index >= 15 is 0 Å². The average Bonchev–Trinajstić information content (AvgIpc) is 3.42. The Morgan fingerprint density at radius 1 is 1.20 bits per heavy atom. The Balaban J connectivity index is 1.67. The Morgan fingerprint density at radius 2 is 2.00 bits per heavy atom. The van der Waals surface area contributed by atoms with Crippen LogP contribution in [-0.2, 0) is 4.79 Å². The molecule has 2 heterocycles. The summed E-state index contributed by atoms with van der Waals surface area (Å²) in [5, 5.41) is 15.1. The third-order valence-electron chi connectivity index (χ3n) is 4.08. The molecule has 30 heavy (non-hydrogen) atoms. The maximum Gasteiger partial charge on any atom is 0.236 e. The van der Waals surface area contributed by atoms with Crippen LogP contribution in [0.15, 0.2) is 65.3 Å². The van der Waals surface area contributed by atoms with Crippen molar-refractivity contribution in [2.45, 2.75) is 5.16 Å². The van der Waals surface area contributed by atoms with Crippen molar-refractivity contribution in [2.24, 2.45) is 0 Å². The van der Waals surface area contributed by atoms with Gasteiger partial charge in [0.05, 0.1) is 18.4 Å². The second-order valence-corrected chi connectivity index (χ2v) is 8.27. The number of thioether (sulfide) groups is 1. The summed E-state index contributed by atoms with van der Waals surface area (Å²) in [6.45, 7) is 0. The monoisotopic (exact) mass is 457 g/mol. The fourth-order valence-electron chi connectivity index (χ4n) is 2.76. The highest BCUT2D eigenvalue weighted by Gasteiger charge is 2.20. The smallest absolute Gasteiger partial charge is 0.236 e. The largest absolute Gasteiger partial charge is 0.496 e. The zero-order valence-corrected chi connectivity index (χ0v) is 18.2. The van der Waals surface area contributed by atoms with E-state index in [-0.39, 0.29) is 11.7 Å². The van der Waals surface area contributed by atoms with Crippen molar-refractivity contribution in [1.29, 1.82) is 0 Å². The Labute approximate surface area is 186 Å². The van der Waals surface area contributed by atoms with Crippen LogP contribution in [0.3, 0.4) is 0 Å². The molecule has 0 atom stereocenters. The normalized spacial score (nSPS) is 10.7. The van der Waals surface area contributed by atoms with Gasteiger partial charge in [-0.15, -0.1) is 21.5 Å². The maximum atomic E-state index is 12.3. The summed E-state index contributed by atoms with van der Waals surface area (Å²) >= 11 is 8.72. The quantitative estimate of drug-likeness (QED) is 0.402. The predicted molar refractivity (Wildman–Crippen MR) is 120 cm³/mol. The van der Waals surface area contributed by atoms with Gasteiger partial charge in [0.2, 0.25) is 5.91 Å². The van der Waals surface area contributed by atoms with Crippen LogP contribution >= 0.6 is 34.7 Å². The van der Waals surface area contributed by atoms with E-state index in [1.807, 2.05) is 41.0 Å². The molecule has 0 bridgehead atoms. The highest BCUT2D eigenvalue weighted by atomic mass is 35.5. The highest BCUT2D eigenvalue weighted by Crippen LogP contribution is 2.33. The number of anilines is 1. The number of hydrogen-bond acceptors (Lipinski definition) is 7. The van der Waals surface area contributed by atoms with Crippen LogP contribution in [0.25, 0.3) is 17.1 Å². The molecule has 4 rings (SSSR count). The number of rotatable bonds is 7. The number of hydrogen-bond donors (Lipinski definition) is 1. The molecular formula is C20H16ClN5O2S2. The van der Waals surface area contributed by atoms with Crippen LogP contribution in [-0.4, -0.2) is 38.5 Å². The molecule has 10 heteroatoms. The van der Waals surface area contributed by atoms with Crippen LogP contribution in [0.5, 0.6) is 5.75 Å². The Hall–Kier alpha value is -2.88. The SMILES string of the molecule is COc1ccccc1-c1nnc(SCC(=O)Nc2nccs2)n1-c1ccc(Cl)cc1. The van der Waals surface area contributed by atoms with E-state index in [1.165, 1.54) is 23.1 Å². The second kappa shape index (κ2) is 9.29. The molecule has 0 radical (unpaired) electrons. The lowest BCUT2D eigenvalue weighted by molar-refractivity contribution is -0.113. The summed E-state index contributed by atoms with van der Waals surface area (Å²) in [5.41, 5.74) is 1.62. The van der Waals surface area contributed by atoms with Gasteiger partial charge in [-0.25, -0.2) is 4.98 Å². The first kappa shape index (κ1) is 20.4. The molecule has 7 nitrogen and oxygen atoms in total. The van der Waals surface area contributed by atoms with Gasteiger partial charge in [0.15, 0.2) is 16.1 Å². The van der Waals surface area contributed by atoms with Gasteiger partial charge in [-0.3, -0.25) is 9.36 Å². The fourth-order valence-corrected chi connectivity index (χ4v) is 4.18. The molecule has 0 fully saturated rings. The molecule has 0 spiro atoms. The topological polar surface area (TPSA) is 81.9 Å². The minimum atomic E-state index is -0.167. The molecule has 0 unspecified atom stereocenters. The van der Waals surface area contributed by atoms with E-state index in [9.17, 15) is 4.79 Å². The van der Waals surface area contributed by atoms with Gasteiger partial charge < -0.3 is 10.1 Å². The summed E-state index contributed by atoms with van der Waals surface area (Å²) in [7, 11) is 1.61. The first-order valence-electron chi connectivity index (χ1n) is 8.82. The number of thiazole rings is 1. The third-order valence-corrected chi connectivity index (χ3v) is 5.95. The van der Waals surface area contributed by atoms with Gasteiger partial charge in [-0.2, -0.15) is 0 Å². The Kier molecular flexibility index (Phi) is 6.32. The van der Waals surface area contributed by atoms with Gasteiger partial charge in [0.1, 0.15) is 5.75 Å². The van der Waals surface area contributed by atoms with Crippen molar-refractivity contribution in [2.75, 3.05) is 18.2 Å². The van der Waals surface area contributed by atoms with Gasteiger partial charge in [0, 0.05) is 22.3 Å². The van der Waals surface area contributed by atoms with Crippen LogP contribution in [0.2, 0.25) is 5.02 Å². The molecule has 1 amide bonds. The number of nitrogens with one attached hydrogen (secondary N) is 1. The fraction of sp³-hybridized carbons (Fsp3) is 0.100. The number of carbonyl (C=O) groups is 1. The van der Waals surface area contributed by atoms with Crippen molar-refractivity contribution < 1.29 is 9.53 Å². The van der Waals surface area contributed by atoms with E-state index in [0.717, 1.165) is 11.3 Å². The van der Waals surface area contributed by atoms with Crippen LogP contribution in [0, 0.1) is 0 Å². The van der Waals surface area contributed by atoms with E-state index in [0.29, 0.717) is 26.9 Å².